The van der Waals surface area contributed by atoms with E-state index in [9.17, 15) is 4.79 Å². The minimum Gasteiger partial charge on any atom is -0.299 e. The summed E-state index contributed by atoms with van der Waals surface area (Å²) in [7, 11) is 0. The lowest BCUT2D eigenvalue weighted by atomic mass is 9.92. The minimum absolute atomic E-state index is 0.365. The molecule has 2 aliphatic rings. The fraction of sp³-hybridized carbons (Fsp3) is 0.812. The number of aliphatic imine (C=N–C) groups is 2. The predicted octanol–water partition coefficient (Wildman–Crippen LogP) is 3.61. The van der Waals surface area contributed by atoms with E-state index in [1.54, 1.807) is 0 Å². The Bertz CT molecular complexity index is 371. The number of nitrogens with zero attached hydrogens (tertiary/aromatic N) is 2. The van der Waals surface area contributed by atoms with Crippen molar-refractivity contribution in [2.24, 2.45) is 15.9 Å². The number of carbonyl (C=O) groups is 1. The molecule has 0 radical (unpaired) electrons. The summed E-state index contributed by atoms with van der Waals surface area (Å²) in [5.41, 5.74) is 2.47. The van der Waals surface area contributed by atoms with Crippen LogP contribution in [0.2, 0.25) is 0 Å². The summed E-state index contributed by atoms with van der Waals surface area (Å²) in [6.07, 6.45) is 9.38. The monoisotopic (exact) mass is 262 g/mol. The van der Waals surface area contributed by atoms with Gasteiger partial charge in [-0.15, -0.1) is 0 Å². The number of hydrogen-bond acceptors (Lipinski definition) is 3. The molecule has 0 amide bonds. The van der Waals surface area contributed by atoms with E-state index in [4.69, 9.17) is 0 Å². The van der Waals surface area contributed by atoms with Gasteiger partial charge in [0.25, 0.3) is 0 Å². The molecule has 106 valence electrons. The Morgan fingerprint density at radius 2 is 1.68 bits per heavy atom. The Labute approximate surface area is 116 Å². The summed E-state index contributed by atoms with van der Waals surface area (Å²) in [6.45, 7) is 4.10. The maximum absolute atomic E-state index is 12.0. The third-order valence-corrected chi connectivity index (χ3v) is 3.98. The van der Waals surface area contributed by atoms with Crippen molar-refractivity contribution in [3.8, 4) is 0 Å². The zero-order chi connectivity index (χ0) is 13.5. The topological polar surface area (TPSA) is 41.8 Å². The zero-order valence-electron chi connectivity index (χ0n) is 12.2. The van der Waals surface area contributed by atoms with E-state index in [2.05, 4.69) is 16.9 Å². The van der Waals surface area contributed by atoms with Gasteiger partial charge in [0.15, 0.2) is 0 Å². The van der Waals surface area contributed by atoms with Gasteiger partial charge < -0.3 is 0 Å². The second kappa shape index (κ2) is 7.56. The lowest BCUT2D eigenvalue weighted by Crippen LogP contribution is -2.16. The first kappa shape index (κ1) is 14.4. The summed E-state index contributed by atoms with van der Waals surface area (Å²) in [6, 6.07) is 0. The van der Waals surface area contributed by atoms with Crippen LogP contribution in [0.25, 0.3) is 0 Å². The molecule has 0 bridgehead atoms. The first-order valence-electron chi connectivity index (χ1n) is 7.80. The maximum atomic E-state index is 12.0. The van der Waals surface area contributed by atoms with Crippen LogP contribution < -0.4 is 0 Å². The van der Waals surface area contributed by atoms with Crippen LogP contribution in [-0.4, -0.2) is 30.3 Å². The van der Waals surface area contributed by atoms with Crippen LogP contribution in [0.15, 0.2) is 9.98 Å². The highest BCUT2D eigenvalue weighted by Gasteiger charge is 2.16. The second-order valence-corrected chi connectivity index (χ2v) is 6.04. The number of carbonyl (C=O) groups excluding carboxylic acids is 1. The van der Waals surface area contributed by atoms with E-state index in [1.165, 1.54) is 31.4 Å². The maximum Gasteiger partial charge on any atom is 0.138 e. The molecule has 0 aromatic carbocycles. The standard InChI is InChI=1S/C16H26N2O/c1-13(10-14-6-2-4-8-17-14)11-16(19)12-15-7-3-5-9-18-15/h13H,2-12H2,1H3. The first-order chi connectivity index (χ1) is 9.24. The summed E-state index contributed by atoms with van der Waals surface area (Å²) < 4.78 is 0. The van der Waals surface area contributed by atoms with Gasteiger partial charge in [0, 0.05) is 37.4 Å². The largest absolute Gasteiger partial charge is 0.299 e. The SMILES string of the molecule is CC(CC(=O)CC1=NCCCC1)CC1=NCCCC1. The number of ketones is 1. The average Bonchev–Trinajstić information content (AvgIpc) is 2.40. The highest BCUT2D eigenvalue weighted by atomic mass is 16.1. The van der Waals surface area contributed by atoms with Gasteiger partial charge in [0.1, 0.15) is 5.78 Å². The van der Waals surface area contributed by atoms with Crippen molar-refractivity contribution >= 4 is 17.2 Å². The van der Waals surface area contributed by atoms with Gasteiger partial charge in [-0.2, -0.15) is 0 Å². The Morgan fingerprint density at radius 3 is 2.26 bits per heavy atom. The van der Waals surface area contributed by atoms with Crippen molar-refractivity contribution in [3.63, 3.8) is 0 Å². The summed E-state index contributed by atoms with van der Waals surface area (Å²) in [5.74, 6) is 0.804. The van der Waals surface area contributed by atoms with Crippen molar-refractivity contribution in [1.29, 1.82) is 0 Å². The number of hydrogen-bond donors (Lipinski definition) is 0. The summed E-state index contributed by atoms with van der Waals surface area (Å²) in [5, 5.41) is 0. The van der Waals surface area contributed by atoms with Crippen LogP contribution in [-0.2, 0) is 4.79 Å². The van der Waals surface area contributed by atoms with Crippen molar-refractivity contribution in [2.45, 2.75) is 64.7 Å². The molecule has 0 fully saturated rings. The number of Topliss-reactive ketones (excluding diaryl/α,β-unsaturated/α-hetero) is 1. The quantitative estimate of drug-likeness (QED) is 0.721. The molecule has 1 unspecified atom stereocenters. The highest BCUT2D eigenvalue weighted by molar-refractivity contribution is 6.02. The second-order valence-electron chi connectivity index (χ2n) is 6.04. The van der Waals surface area contributed by atoms with Gasteiger partial charge in [-0.05, 0) is 50.9 Å². The van der Waals surface area contributed by atoms with Gasteiger partial charge in [0.05, 0.1) is 0 Å². The zero-order valence-corrected chi connectivity index (χ0v) is 12.2. The van der Waals surface area contributed by atoms with E-state index in [1.807, 2.05) is 0 Å². The van der Waals surface area contributed by atoms with Crippen molar-refractivity contribution in [3.05, 3.63) is 0 Å². The van der Waals surface area contributed by atoms with E-state index in [-0.39, 0.29) is 0 Å². The molecule has 2 heterocycles. The molecule has 19 heavy (non-hydrogen) atoms. The molecular formula is C16H26N2O. The van der Waals surface area contributed by atoms with Crippen LogP contribution >= 0.6 is 0 Å². The van der Waals surface area contributed by atoms with Gasteiger partial charge in [0.2, 0.25) is 0 Å². The molecule has 1 atom stereocenters. The lowest BCUT2D eigenvalue weighted by Gasteiger charge is -2.16. The Balaban J connectivity index is 1.71. The molecule has 0 N–H and O–H groups in total. The van der Waals surface area contributed by atoms with Crippen LogP contribution in [0.3, 0.4) is 0 Å². The van der Waals surface area contributed by atoms with Crippen LogP contribution in [0.1, 0.15) is 64.7 Å². The Morgan fingerprint density at radius 1 is 1.05 bits per heavy atom. The molecule has 0 saturated heterocycles. The van der Waals surface area contributed by atoms with Gasteiger partial charge in [-0.1, -0.05) is 6.92 Å². The van der Waals surface area contributed by atoms with E-state index in [0.29, 0.717) is 24.5 Å². The smallest absolute Gasteiger partial charge is 0.138 e. The third-order valence-electron chi connectivity index (χ3n) is 3.98. The molecule has 0 aromatic heterocycles. The van der Waals surface area contributed by atoms with E-state index >= 15 is 0 Å². The van der Waals surface area contributed by atoms with E-state index in [0.717, 1.165) is 38.1 Å². The minimum atomic E-state index is 0.365. The summed E-state index contributed by atoms with van der Waals surface area (Å²) in [4.78, 5) is 21.1. The third kappa shape index (κ3) is 5.25. The van der Waals surface area contributed by atoms with Crippen molar-refractivity contribution in [1.82, 2.24) is 0 Å². The average molecular weight is 262 g/mol. The van der Waals surface area contributed by atoms with Crippen LogP contribution in [0, 0.1) is 5.92 Å². The van der Waals surface area contributed by atoms with E-state index < -0.39 is 0 Å². The molecule has 0 aliphatic carbocycles. The lowest BCUT2D eigenvalue weighted by molar-refractivity contribution is -0.118. The fourth-order valence-corrected chi connectivity index (χ4v) is 2.99. The van der Waals surface area contributed by atoms with Gasteiger partial charge in [-0.3, -0.25) is 14.8 Å². The number of rotatable bonds is 6. The highest BCUT2D eigenvalue weighted by Crippen LogP contribution is 2.17. The van der Waals surface area contributed by atoms with Crippen molar-refractivity contribution < 1.29 is 4.79 Å². The van der Waals surface area contributed by atoms with Crippen LogP contribution in [0.5, 0.6) is 0 Å². The molecule has 3 nitrogen and oxygen atoms in total. The molecule has 0 spiro atoms. The predicted molar refractivity (Wildman–Crippen MR) is 80.3 cm³/mol. The molecular weight excluding hydrogens is 236 g/mol. The normalized spacial score (nSPS) is 21.5. The van der Waals surface area contributed by atoms with Gasteiger partial charge >= 0.3 is 0 Å². The molecule has 0 aromatic rings. The first-order valence-corrected chi connectivity index (χ1v) is 7.80. The van der Waals surface area contributed by atoms with Crippen molar-refractivity contribution in [2.75, 3.05) is 13.1 Å². The molecule has 2 aliphatic heterocycles. The fourth-order valence-electron chi connectivity index (χ4n) is 2.99. The van der Waals surface area contributed by atoms with Gasteiger partial charge in [-0.25, -0.2) is 0 Å². The molecule has 0 saturated carbocycles. The molecule has 2 rings (SSSR count). The molecule has 3 heteroatoms. The summed E-state index contributed by atoms with van der Waals surface area (Å²) >= 11 is 0. The Hall–Kier alpha value is -0.990. The van der Waals surface area contributed by atoms with Crippen LogP contribution in [0.4, 0.5) is 0 Å². The Kier molecular flexibility index (Phi) is 5.74.